The van der Waals surface area contributed by atoms with Gasteiger partial charge in [0.15, 0.2) is 5.82 Å². The largest absolute Gasteiger partial charge is 0.369 e. The Morgan fingerprint density at radius 2 is 1.79 bits per heavy atom. The molecular formula is C24H30N6O3S. The Balaban J connectivity index is 1.40. The smallest absolute Gasteiger partial charge is 0.256 e. The third-order valence-corrected chi connectivity index (χ3v) is 7.23. The number of benzene rings is 2. The summed E-state index contributed by atoms with van der Waals surface area (Å²) in [6.07, 6.45) is 0.539. The molecule has 180 valence electrons. The molecule has 1 aromatic heterocycles. The van der Waals surface area contributed by atoms with Crippen molar-refractivity contribution < 1.29 is 13.2 Å². The minimum absolute atomic E-state index is 0.0633. The van der Waals surface area contributed by atoms with Gasteiger partial charge in [-0.05, 0) is 49.9 Å². The molecule has 4 rings (SSSR count). The minimum atomic E-state index is -3.38. The molecule has 3 N–H and O–H groups in total. The standard InChI is InChI=1S/C24H30N6O3S/c1-3-15-34(32,33)28-20-6-4-5-19(16-20)22-17-23(27-26-22)25-24(31)18-7-9-21(10-8-18)30-13-11-29(2)12-14-30/h4-10,16-17,28H,3,11-15H2,1-2H3,(H2,25,26,27,31). The first-order valence-corrected chi connectivity index (χ1v) is 13.0. The Bertz CT molecular complexity index is 1230. The molecule has 10 heteroatoms. The SMILES string of the molecule is CCCS(=O)(=O)Nc1cccc(-c2cc(NC(=O)c3ccc(N4CCN(C)CC4)cc3)n[nH]2)c1. The summed E-state index contributed by atoms with van der Waals surface area (Å²) < 4.78 is 26.7. The number of piperazine rings is 1. The Hall–Kier alpha value is -3.37. The lowest BCUT2D eigenvalue weighted by Gasteiger charge is -2.34. The maximum atomic E-state index is 12.7. The van der Waals surface area contributed by atoms with Gasteiger partial charge in [-0.15, -0.1) is 0 Å². The summed E-state index contributed by atoms with van der Waals surface area (Å²) in [6.45, 7) is 5.81. The molecule has 1 aliphatic heterocycles. The number of carbonyl (C=O) groups is 1. The van der Waals surface area contributed by atoms with E-state index < -0.39 is 10.0 Å². The first-order valence-electron chi connectivity index (χ1n) is 11.3. The Morgan fingerprint density at radius 1 is 1.06 bits per heavy atom. The molecule has 3 aromatic rings. The lowest BCUT2D eigenvalue weighted by molar-refractivity contribution is 0.102. The van der Waals surface area contributed by atoms with Crippen LogP contribution in [-0.4, -0.2) is 68.4 Å². The molecule has 1 amide bonds. The summed E-state index contributed by atoms with van der Waals surface area (Å²) in [5, 5.41) is 9.89. The highest BCUT2D eigenvalue weighted by Crippen LogP contribution is 2.24. The fourth-order valence-corrected chi connectivity index (χ4v) is 4.99. The lowest BCUT2D eigenvalue weighted by atomic mass is 10.1. The molecule has 0 aliphatic carbocycles. The Labute approximate surface area is 200 Å². The van der Waals surface area contributed by atoms with E-state index in [1.807, 2.05) is 37.3 Å². The van der Waals surface area contributed by atoms with Crippen LogP contribution in [0.5, 0.6) is 0 Å². The van der Waals surface area contributed by atoms with Gasteiger partial charge in [0.2, 0.25) is 10.0 Å². The van der Waals surface area contributed by atoms with Gasteiger partial charge in [-0.1, -0.05) is 19.1 Å². The number of sulfonamides is 1. The van der Waals surface area contributed by atoms with Gasteiger partial charge in [-0.3, -0.25) is 14.6 Å². The molecule has 9 nitrogen and oxygen atoms in total. The maximum Gasteiger partial charge on any atom is 0.256 e. The van der Waals surface area contributed by atoms with E-state index in [0.717, 1.165) is 37.4 Å². The zero-order chi connectivity index (χ0) is 24.1. The van der Waals surface area contributed by atoms with Crippen molar-refractivity contribution in [1.29, 1.82) is 0 Å². The van der Waals surface area contributed by atoms with Crippen LogP contribution in [0.4, 0.5) is 17.2 Å². The molecule has 1 aliphatic rings. The quantitative estimate of drug-likeness (QED) is 0.455. The fraction of sp³-hybridized carbons (Fsp3) is 0.333. The molecule has 0 saturated carbocycles. The number of aromatic amines is 1. The first-order chi connectivity index (χ1) is 16.3. The van der Waals surface area contributed by atoms with Crippen LogP contribution in [0.3, 0.4) is 0 Å². The van der Waals surface area contributed by atoms with Crippen LogP contribution in [0.15, 0.2) is 54.6 Å². The highest BCUT2D eigenvalue weighted by atomic mass is 32.2. The van der Waals surface area contributed by atoms with Crippen molar-refractivity contribution in [1.82, 2.24) is 15.1 Å². The average Bonchev–Trinajstić information content (AvgIpc) is 3.28. The van der Waals surface area contributed by atoms with Gasteiger partial charge < -0.3 is 15.1 Å². The highest BCUT2D eigenvalue weighted by Gasteiger charge is 2.16. The van der Waals surface area contributed by atoms with E-state index in [0.29, 0.717) is 29.2 Å². The van der Waals surface area contributed by atoms with Crippen LogP contribution < -0.4 is 14.9 Å². The predicted molar refractivity (Wildman–Crippen MR) is 136 cm³/mol. The van der Waals surface area contributed by atoms with E-state index in [1.54, 1.807) is 24.3 Å². The number of aromatic nitrogens is 2. The summed E-state index contributed by atoms with van der Waals surface area (Å²) in [5.74, 6) is 0.206. The molecular weight excluding hydrogens is 452 g/mol. The van der Waals surface area contributed by atoms with Gasteiger partial charge in [-0.2, -0.15) is 5.10 Å². The zero-order valence-corrected chi connectivity index (χ0v) is 20.2. The van der Waals surface area contributed by atoms with E-state index in [2.05, 4.69) is 37.1 Å². The minimum Gasteiger partial charge on any atom is -0.369 e. The molecule has 0 spiro atoms. The number of hydrogen-bond donors (Lipinski definition) is 3. The summed E-state index contributed by atoms with van der Waals surface area (Å²) in [5.41, 5.74) is 3.56. The fourth-order valence-electron chi connectivity index (χ4n) is 3.86. The van der Waals surface area contributed by atoms with E-state index in [4.69, 9.17) is 0 Å². The Morgan fingerprint density at radius 3 is 2.50 bits per heavy atom. The van der Waals surface area contributed by atoms with Crippen LogP contribution in [0.2, 0.25) is 0 Å². The zero-order valence-electron chi connectivity index (χ0n) is 19.4. The first kappa shape index (κ1) is 23.8. The summed E-state index contributed by atoms with van der Waals surface area (Å²) in [6, 6.07) is 16.3. The van der Waals surface area contributed by atoms with E-state index in [1.165, 1.54) is 0 Å². The van der Waals surface area contributed by atoms with Crippen molar-refractivity contribution in [3.63, 3.8) is 0 Å². The van der Waals surface area contributed by atoms with Crippen LogP contribution in [0, 0.1) is 0 Å². The average molecular weight is 483 g/mol. The molecule has 0 atom stereocenters. The molecule has 34 heavy (non-hydrogen) atoms. The number of H-pyrrole nitrogens is 1. The number of likely N-dealkylation sites (N-methyl/N-ethyl adjacent to an activating group) is 1. The van der Waals surface area contributed by atoms with Crippen molar-refractivity contribution in [2.45, 2.75) is 13.3 Å². The van der Waals surface area contributed by atoms with Crippen LogP contribution >= 0.6 is 0 Å². The topological polar surface area (TPSA) is 110 Å². The van der Waals surface area contributed by atoms with Gasteiger partial charge in [0.1, 0.15) is 0 Å². The second kappa shape index (κ2) is 10.3. The van der Waals surface area contributed by atoms with Crippen LogP contribution in [-0.2, 0) is 10.0 Å². The Kier molecular flexibility index (Phi) is 7.18. The third kappa shape index (κ3) is 5.95. The van der Waals surface area contributed by atoms with Crippen molar-refractivity contribution in [3.05, 3.63) is 60.2 Å². The maximum absolute atomic E-state index is 12.7. The highest BCUT2D eigenvalue weighted by molar-refractivity contribution is 7.92. The van der Waals surface area contributed by atoms with Crippen LogP contribution in [0.1, 0.15) is 23.7 Å². The molecule has 0 unspecified atom stereocenters. The number of amides is 1. The number of anilines is 3. The molecule has 1 fully saturated rings. The molecule has 2 heterocycles. The van der Waals surface area contributed by atoms with Gasteiger partial charge in [-0.25, -0.2) is 8.42 Å². The monoisotopic (exact) mass is 482 g/mol. The van der Waals surface area contributed by atoms with Crippen molar-refractivity contribution in [2.75, 3.05) is 53.9 Å². The molecule has 2 aromatic carbocycles. The predicted octanol–water partition coefficient (Wildman–Crippen LogP) is 3.23. The molecule has 0 radical (unpaired) electrons. The van der Waals surface area contributed by atoms with Crippen molar-refractivity contribution in [2.24, 2.45) is 0 Å². The summed E-state index contributed by atoms with van der Waals surface area (Å²) in [4.78, 5) is 17.3. The normalized spacial score (nSPS) is 14.7. The number of nitrogens with zero attached hydrogens (tertiary/aromatic N) is 3. The van der Waals surface area contributed by atoms with Crippen molar-refractivity contribution in [3.8, 4) is 11.3 Å². The second-order valence-electron chi connectivity index (χ2n) is 8.46. The van der Waals surface area contributed by atoms with Crippen molar-refractivity contribution >= 4 is 33.1 Å². The number of rotatable bonds is 8. The van der Waals surface area contributed by atoms with Crippen LogP contribution in [0.25, 0.3) is 11.3 Å². The second-order valence-corrected chi connectivity index (χ2v) is 10.3. The van der Waals surface area contributed by atoms with E-state index in [-0.39, 0.29) is 11.7 Å². The summed E-state index contributed by atoms with van der Waals surface area (Å²) in [7, 11) is -1.25. The van der Waals surface area contributed by atoms with Gasteiger partial charge in [0.25, 0.3) is 5.91 Å². The molecule has 1 saturated heterocycles. The number of hydrogen-bond acceptors (Lipinski definition) is 6. The lowest BCUT2D eigenvalue weighted by Crippen LogP contribution is -2.44. The number of carbonyl (C=O) groups excluding carboxylic acids is 1. The third-order valence-electron chi connectivity index (χ3n) is 5.74. The number of nitrogens with one attached hydrogen (secondary N) is 3. The van der Waals surface area contributed by atoms with Gasteiger partial charge >= 0.3 is 0 Å². The van der Waals surface area contributed by atoms with E-state index >= 15 is 0 Å². The van der Waals surface area contributed by atoms with Gasteiger partial charge in [0.05, 0.1) is 11.4 Å². The molecule has 0 bridgehead atoms. The van der Waals surface area contributed by atoms with Gasteiger partial charge in [0, 0.05) is 54.7 Å². The van der Waals surface area contributed by atoms with E-state index in [9.17, 15) is 13.2 Å². The summed E-state index contributed by atoms with van der Waals surface area (Å²) >= 11 is 0.